The van der Waals surface area contributed by atoms with Gasteiger partial charge in [-0.3, -0.25) is 4.98 Å². The fraction of sp³-hybridized carbons (Fsp3) is 0. The van der Waals surface area contributed by atoms with Gasteiger partial charge in [0.1, 0.15) is 5.82 Å². The Labute approximate surface area is 97.8 Å². The third kappa shape index (κ3) is 1.87. The van der Waals surface area contributed by atoms with Crippen LogP contribution in [-0.4, -0.2) is 9.97 Å². The first-order chi connectivity index (χ1) is 8.33. The molecule has 0 saturated carbocycles. The lowest BCUT2D eigenvalue weighted by molar-refractivity contribution is 0.628. The summed E-state index contributed by atoms with van der Waals surface area (Å²) in [6.07, 6.45) is 1.70. The van der Waals surface area contributed by atoms with Crippen molar-refractivity contribution in [3.8, 4) is 11.3 Å². The van der Waals surface area contributed by atoms with Crippen molar-refractivity contribution in [1.29, 1.82) is 0 Å². The fourth-order valence-corrected chi connectivity index (χ4v) is 1.72. The lowest BCUT2D eigenvalue weighted by Crippen LogP contribution is -1.88. The van der Waals surface area contributed by atoms with Crippen LogP contribution in [-0.2, 0) is 0 Å². The summed E-state index contributed by atoms with van der Waals surface area (Å²) in [4.78, 5) is 8.81. The van der Waals surface area contributed by atoms with Gasteiger partial charge in [-0.25, -0.2) is 9.37 Å². The monoisotopic (exact) mass is 224 g/mol. The minimum atomic E-state index is -0.248. The van der Waals surface area contributed by atoms with Gasteiger partial charge < -0.3 is 0 Å². The highest BCUT2D eigenvalue weighted by Gasteiger charge is 2.02. The lowest BCUT2D eigenvalue weighted by Gasteiger charge is -2.02. The van der Waals surface area contributed by atoms with E-state index in [1.54, 1.807) is 18.3 Å². The average molecular weight is 224 g/mol. The van der Waals surface area contributed by atoms with Crippen molar-refractivity contribution in [3.63, 3.8) is 0 Å². The van der Waals surface area contributed by atoms with Crippen LogP contribution in [0.25, 0.3) is 22.3 Å². The number of hydrogen-bond donors (Lipinski definition) is 0. The molecule has 0 unspecified atom stereocenters. The molecule has 2 aromatic carbocycles. The third-order valence-corrected chi connectivity index (χ3v) is 2.59. The van der Waals surface area contributed by atoms with E-state index in [-0.39, 0.29) is 5.82 Å². The van der Waals surface area contributed by atoms with E-state index in [9.17, 15) is 4.39 Å². The first-order valence-corrected chi connectivity index (χ1v) is 5.31. The second kappa shape index (κ2) is 3.94. The molecule has 0 N–H and O–H groups in total. The molecule has 3 aromatic rings. The molecule has 82 valence electrons. The van der Waals surface area contributed by atoms with Gasteiger partial charge in [-0.2, -0.15) is 0 Å². The molecule has 0 amide bonds. The third-order valence-electron chi connectivity index (χ3n) is 2.59. The van der Waals surface area contributed by atoms with Gasteiger partial charge in [-0.15, -0.1) is 0 Å². The molecule has 2 nitrogen and oxygen atoms in total. The van der Waals surface area contributed by atoms with Gasteiger partial charge in [0.15, 0.2) is 0 Å². The maximum absolute atomic E-state index is 12.8. The van der Waals surface area contributed by atoms with E-state index < -0.39 is 0 Å². The molecular formula is C14H9FN2. The Hall–Kier alpha value is -2.29. The summed E-state index contributed by atoms with van der Waals surface area (Å²) in [5.74, 6) is -0.248. The van der Waals surface area contributed by atoms with E-state index in [4.69, 9.17) is 0 Å². The number of aromatic nitrogens is 2. The van der Waals surface area contributed by atoms with E-state index in [0.29, 0.717) is 0 Å². The van der Waals surface area contributed by atoms with Crippen molar-refractivity contribution in [2.24, 2.45) is 0 Å². The Kier molecular flexibility index (Phi) is 2.29. The zero-order valence-electron chi connectivity index (χ0n) is 8.97. The predicted octanol–water partition coefficient (Wildman–Crippen LogP) is 3.44. The summed E-state index contributed by atoms with van der Waals surface area (Å²) in [6, 6.07) is 13.9. The molecule has 0 saturated heterocycles. The topological polar surface area (TPSA) is 25.8 Å². The van der Waals surface area contributed by atoms with Crippen molar-refractivity contribution in [1.82, 2.24) is 9.97 Å². The first-order valence-electron chi connectivity index (χ1n) is 5.31. The Bertz CT molecular complexity index is 662. The van der Waals surface area contributed by atoms with Gasteiger partial charge >= 0.3 is 0 Å². The van der Waals surface area contributed by atoms with Crippen LogP contribution in [0.15, 0.2) is 54.7 Å². The summed E-state index contributed by atoms with van der Waals surface area (Å²) in [5.41, 5.74) is 3.32. The van der Waals surface area contributed by atoms with Crippen LogP contribution in [0.5, 0.6) is 0 Å². The van der Waals surface area contributed by atoms with Crippen molar-refractivity contribution < 1.29 is 4.39 Å². The van der Waals surface area contributed by atoms with Crippen molar-refractivity contribution in [3.05, 3.63) is 60.5 Å². The quantitative estimate of drug-likeness (QED) is 0.632. The van der Waals surface area contributed by atoms with Crippen LogP contribution >= 0.6 is 0 Å². The van der Waals surface area contributed by atoms with Gasteiger partial charge in [-0.1, -0.05) is 12.1 Å². The Morgan fingerprint density at radius 3 is 2.29 bits per heavy atom. The fourth-order valence-electron chi connectivity index (χ4n) is 1.72. The SMILES string of the molecule is Fc1ccc(-c2cnc3ccccc3n2)cc1. The number of benzene rings is 2. The van der Waals surface area contributed by atoms with Crippen molar-refractivity contribution in [2.75, 3.05) is 0 Å². The lowest BCUT2D eigenvalue weighted by atomic mass is 10.1. The standard InChI is InChI=1S/C14H9FN2/c15-11-7-5-10(6-8-11)14-9-16-12-3-1-2-4-13(12)17-14/h1-9H. The minimum absolute atomic E-state index is 0.248. The molecule has 1 aromatic heterocycles. The summed E-state index contributed by atoms with van der Waals surface area (Å²) >= 11 is 0. The van der Waals surface area contributed by atoms with Gasteiger partial charge in [-0.05, 0) is 36.4 Å². The highest BCUT2D eigenvalue weighted by atomic mass is 19.1. The second-order valence-electron chi connectivity index (χ2n) is 3.75. The van der Waals surface area contributed by atoms with E-state index in [1.807, 2.05) is 24.3 Å². The van der Waals surface area contributed by atoms with Crippen molar-refractivity contribution in [2.45, 2.75) is 0 Å². The van der Waals surface area contributed by atoms with Gasteiger partial charge in [0, 0.05) is 5.56 Å². The van der Waals surface area contributed by atoms with Crippen LogP contribution < -0.4 is 0 Å². The molecule has 17 heavy (non-hydrogen) atoms. The number of para-hydroxylation sites is 2. The molecule has 0 bridgehead atoms. The second-order valence-corrected chi connectivity index (χ2v) is 3.75. The Balaban J connectivity index is 2.14. The number of rotatable bonds is 1. The van der Waals surface area contributed by atoms with Gasteiger partial charge in [0.2, 0.25) is 0 Å². The smallest absolute Gasteiger partial charge is 0.123 e. The van der Waals surface area contributed by atoms with Crippen LogP contribution in [0.1, 0.15) is 0 Å². The molecule has 0 radical (unpaired) electrons. The Morgan fingerprint density at radius 1 is 0.824 bits per heavy atom. The zero-order valence-corrected chi connectivity index (χ0v) is 8.97. The highest BCUT2D eigenvalue weighted by Crippen LogP contribution is 2.19. The van der Waals surface area contributed by atoms with Crippen LogP contribution in [0.3, 0.4) is 0 Å². The highest BCUT2D eigenvalue weighted by molar-refractivity contribution is 5.76. The zero-order chi connectivity index (χ0) is 11.7. The molecule has 1 heterocycles. The van der Waals surface area contributed by atoms with Crippen LogP contribution in [0, 0.1) is 5.82 Å². The Morgan fingerprint density at radius 2 is 1.53 bits per heavy atom. The summed E-state index contributed by atoms with van der Waals surface area (Å²) in [6.45, 7) is 0. The molecule has 0 atom stereocenters. The number of fused-ring (bicyclic) bond motifs is 1. The molecule has 0 fully saturated rings. The van der Waals surface area contributed by atoms with E-state index in [0.717, 1.165) is 22.3 Å². The number of hydrogen-bond acceptors (Lipinski definition) is 2. The number of nitrogens with zero attached hydrogens (tertiary/aromatic N) is 2. The molecule has 0 aliphatic heterocycles. The maximum atomic E-state index is 12.8. The van der Waals surface area contributed by atoms with E-state index in [1.165, 1.54) is 12.1 Å². The molecule has 0 spiro atoms. The molecular weight excluding hydrogens is 215 g/mol. The molecule has 3 heteroatoms. The van der Waals surface area contributed by atoms with Crippen LogP contribution in [0.4, 0.5) is 4.39 Å². The van der Waals surface area contributed by atoms with Crippen LogP contribution in [0.2, 0.25) is 0 Å². The molecule has 0 aliphatic rings. The summed E-state index contributed by atoms with van der Waals surface area (Å²) in [5, 5.41) is 0. The largest absolute Gasteiger partial charge is 0.252 e. The normalized spacial score (nSPS) is 10.6. The molecule has 3 rings (SSSR count). The van der Waals surface area contributed by atoms with Gasteiger partial charge in [0.05, 0.1) is 22.9 Å². The minimum Gasteiger partial charge on any atom is -0.252 e. The predicted molar refractivity (Wildman–Crippen MR) is 64.9 cm³/mol. The maximum Gasteiger partial charge on any atom is 0.123 e. The summed E-state index contributed by atoms with van der Waals surface area (Å²) in [7, 11) is 0. The van der Waals surface area contributed by atoms with E-state index >= 15 is 0 Å². The first kappa shape index (κ1) is 9.90. The van der Waals surface area contributed by atoms with E-state index in [2.05, 4.69) is 9.97 Å². The van der Waals surface area contributed by atoms with Gasteiger partial charge in [0.25, 0.3) is 0 Å². The summed E-state index contributed by atoms with van der Waals surface area (Å²) < 4.78 is 12.8. The average Bonchev–Trinajstić information content (AvgIpc) is 2.39. The molecule has 0 aliphatic carbocycles. The van der Waals surface area contributed by atoms with Crippen molar-refractivity contribution >= 4 is 11.0 Å². The number of halogens is 1.